The summed E-state index contributed by atoms with van der Waals surface area (Å²) in [4.78, 5) is 9.98. The van der Waals surface area contributed by atoms with Crippen LogP contribution >= 0.6 is 0 Å². The van der Waals surface area contributed by atoms with Crippen molar-refractivity contribution in [2.75, 3.05) is 5.32 Å². The fourth-order valence-corrected chi connectivity index (χ4v) is 2.27. The van der Waals surface area contributed by atoms with E-state index in [0.29, 0.717) is 0 Å². The zero-order valence-electron chi connectivity index (χ0n) is 11.2. The molecular weight excluding hydrogens is 312 g/mol. The van der Waals surface area contributed by atoms with Crippen LogP contribution in [-0.2, 0) is 17.1 Å². The number of rotatable bonds is 4. The molecule has 11 heteroatoms. The molecule has 1 aromatic carbocycles. The molecular formula is C11H10N6O4S. The number of primary sulfonamides is 1. The number of nitrogens with one attached hydrogen (secondary N) is 1. The average Bonchev–Trinajstić information content (AvgIpc) is 2.78. The highest BCUT2D eigenvalue weighted by Crippen LogP contribution is 2.30. The van der Waals surface area contributed by atoms with Crippen molar-refractivity contribution in [2.45, 2.75) is 4.90 Å². The lowest BCUT2D eigenvalue weighted by atomic mass is 10.2. The van der Waals surface area contributed by atoms with E-state index in [1.807, 2.05) is 6.07 Å². The molecule has 0 saturated heterocycles. The van der Waals surface area contributed by atoms with Crippen LogP contribution in [0.4, 0.5) is 17.2 Å². The second kappa shape index (κ2) is 5.43. The second-order valence-electron chi connectivity index (χ2n) is 4.25. The van der Waals surface area contributed by atoms with Gasteiger partial charge in [-0.05, 0) is 12.1 Å². The monoisotopic (exact) mass is 322 g/mol. The van der Waals surface area contributed by atoms with E-state index in [1.54, 1.807) is 7.05 Å². The first-order chi connectivity index (χ1) is 10.2. The van der Waals surface area contributed by atoms with Crippen LogP contribution in [0, 0.1) is 21.4 Å². The number of nitrogens with two attached hydrogens (primary N) is 1. The van der Waals surface area contributed by atoms with Gasteiger partial charge < -0.3 is 5.32 Å². The van der Waals surface area contributed by atoms with Gasteiger partial charge in [0, 0.05) is 13.1 Å². The fraction of sp³-hybridized carbons (Fsp3) is 0.0909. The Bertz CT molecular complexity index is 896. The molecule has 10 nitrogen and oxygen atoms in total. The number of nitriles is 1. The van der Waals surface area contributed by atoms with Crippen molar-refractivity contribution in [2.24, 2.45) is 12.2 Å². The Morgan fingerprint density at radius 1 is 1.50 bits per heavy atom. The molecule has 0 unspecified atom stereocenters. The molecule has 0 aliphatic heterocycles. The number of hydrogen-bond acceptors (Lipinski definition) is 7. The second-order valence-corrected chi connectivity index (χ2v) is 5.81. The molecule has 0 aliphatic carbocycles. The van der Waals surface area contributed by atoms with E-state index in [2.05, 4.69) is 10.4 Å². The van der Waals surface area contributed by atoms with E-state index in [1.165, 1.54) is 16.9 Å². The van der Waals surface area contributed by atoms with Gasteiger partial charge in [0.05, 0.1) is 16.0 Å². The average molecular weight is 322 g/mol. The van der Waals surface area contributed by atoms with E-state index in [4.69, 9.17) is 10.4 Å². The summed E-state index contributed by atoms with van der Waals surface area (Å²) in [6, 6.07) is 5.07. The number of anilines is 2. The minimum atomic E-state index is -4.06. The van der Waals surface area contributed by atoms with Gasteiger partial charge in [-0.2, -0.15) is 10.4 Å². The summed E-state index contributed by atoms with van der Waals surface area (Å²) in [7, 11) is -2.51. The van der Waals surface area contributed by atoms with Crippen molar-refractivity contribution >= 4 is 27.2 Å². The molecule has 1 heterocycles. The summed E-state index contributed by atoms with van der Waals surface area (Å²) in [6.07, 6.45) is 1.30. The van der Waals surface area contributed by atoms with Crippen molar-refractivity contribution in [3.8, 4) is 6.07 Å². The van der Waals surface area contributed by atoms with Crippen LogP contribution in [0.5, 0.6) is 0 Å². The Morgan fingerprint density at radius 2 is 2.18 bits per heavy atom. The summed E-state index contributed by atoms with van der Waals surface area (Å²) < 4.78 is 23.9. The topological polar surface area (TPSA) is 157 Å². The number of aryl methyl sites for hydroxylation is 1. The molecule has 3 N–H and O–H groups in total. The van der Waals surface area contributed by atoms with Gasteiger partial charge in [0.2, 0.25) is 10.0 Å². The van der Waals surface area contributed by atoms with Crippen LogP contribution in [0.3, 0.4) is 0 Å². The maximum atomic E-state index is 11.3. The molecule has 0 aliphatic rings. The van der Waals surface area contributed by atoms with Gasteiger partial charge >= 0.3 is 0 Å². The van der Waals surface area contributed by atoms with Crippen LogP contribution in [0.15, 0.2) is 29.3 Å². The van der Waals surface area contributed by atoms with Gasteiger partial charge in [-0.15, -0.1) is 0 Å². The van der Waals surface area contributed by atoms with Crippen molar-refractivity contribution < 1.29 is 13.3 Å². The zero-order chi connectivity index (χ0) is 16.5. The number of nitrogens with zero attached hydrogens (tertiary/aromatic N) is 4. The normalized spacial score (nSPS) is 11.0. The Balaban J connectivity index is 2.55. The number of nitro benzene ring substituents is 1. The van der Waals surface area contributed by atoms with Gasteiger partial charge in [-0.1, -0.05) is 0 Å². The predicted molar refractivity (Wildman–Crippen MR) is 75.7 cm³/mol. The molecule has 2 aromatic rings. The van der Waals surface area contributed by atoms with Gasteiger partial charge in [0.15, 0.2) is 0 Å². The highest BCUT2D eigenvalue weighted by atomic mass is 32.2. The minimum absolute atomic E-state index is 0.0116. The molecule has 0 amide bonds. The summed E-state index contributed by atoms with van der Waals surface area (Å²) in [5.74, 6) is 0.244. The Hall–Kier alpha value is -2.97. The molecule has 0 radical (unpaired) electrons. The van der Waals surface area contributed by atoms with Gasteiger partial charge in [0.1, 0.15) is 23.1 Å². The molecule has 0 bridgehead atoms. The summed E-state index contributed by atoms with van der Waals surface area (Å²) in [5, 5.41) is 31.6. The van der Waals surface area contributed by atoms with Crippen LogP contribution in [0.2, 0.25) is 0 Å². The van der Waals surface area contributed by atoms with Crippen molar-refractivity contribution in [3.63, 3.8) is 0 Å². The van der Waals surface area contributed by atoms with Gasteiger partial charge in [-0.3, -0.25) is 14.8 Å². The SMILES string of the molecule is Cn1ncc(C#N)c1Nc1ccc(S(N)(=O)=O)cc1[N+](=O)[O-]. The maximum Gasteiger partial charge on any atom is 0.294 e. The molecule has 2 rings (SSSR count). The van der Waals surface area contributed by atoms with E-state index in [9.17, 15) is 18.5 Å². The Kier molecular flexibility index (Phi) is 3.81. The lowest BCUT2D eigenvalue weighted by Crippen LogP contribution is -2.13. The van der Waals surface area contributed by atoms with E-state index >= 15 is 0 Å². The molecule has 0 saturated carbocycles. The van der Waals surface area contributed by atoms with Crippen LogP contribution in [-0.4, -0.2) is 23.1 Å². The lowest BCUT2D eigenvalue weighted by molar-refractivity contribution is -0.384. The summed E-state index contributed by atoms with van der Waals surface area (Å²) >= 11 is 0. The highest BCUT2D eigenvalue weighted by Gasteiger charge is 2.20. The van der Waals surface area contributed by atoms with E-state index in [-0.39, 0.29) is 22.0 Å². The Morgan fingerprint density at radius 3 is 2.73 bits per heavy atom. The lowest BCUT2D eigenvalue weighted by Gasteiger charge is -2.08. The molecule has 0 fully saturated rings. The van der Waals surface area contributed by atoms with Gasteiger partial charge in [0.25, 0.3) is 5.69 Å². The third-order valence-corrected chi connectivity index (χ3v) is 3.72. The van der Waals surface area contributed by atoms with Crippen LogP contribution < -0.4 is 10.5 Å². The molecule has 0 atom stereocenters. The van der Waals surface area contributed by atoms with E-state index in [0.717, 1.165) is 12.1 Å². The standard InChI is InChI=1S/C11H10N6O4S/c1-16-11(7(5-12)6-14-16)15-9-3-2-8(22(13,20)21)4-10(9)17(18)19/h2-4,6,15H,1H3,(H2,13,20,21). The first kappa shape index (κ1) is 15.4. The number of benzene rings is 1. The number of hydrogen-bond donors (Lipinski definition) is 2. The zero-order valence-corrected chi connectivity index (χ0v) is 12.0. The third kappa shape index (κ3) is 2.87. The summed E-state index contributed by atoms with van der Waals surface area (Å²) in [6.45, 7) is 0. The molecule has 22 heavy (non-hydrogen) atoms. The summed E-state index contributed by atoms with van der Waals surface area (Å²) in [5.41, 5.74) is -0.290. The Labute approximate surface area is 125 Å². The number of aromatic nitrogens is 2. The molecule has 0 spiro atoms. The van der Waals surface area contributed by atoms with E-state index < -0.39 is 20.6 Å². The maximum absolute atomic E-state index is 11.3. The van der Waals surface area contributed by atoms with Crippen molar-refractivity contribution in [1.29, 1.82) is 5.26 Å². The number of sulfonamides is 1. The fourth-order valence-electron chi connectivity index (χ4n) is 1.74. The van der Waals surface area contributed by atoms with Crippen LogP contribution in [0.1, 0.15) is 5.56 Å². The van der Waals surface area contributed by atoms with Gasteiger partial charge in [-0.25, -0.2) is 13.6 Å². The smallest absolute Gasteiger partial charge is 0.294 e. The highest BCUT2D eigenvalue weighted by molar-refractivity contribution is 7.89. The first-order valence-electron chi connectivity index (χ1n) is 5.74. The molecule has 114 valence electrons. The largest absolute Gasteiger partial charge is 0.334 e. The minimum Gasteiger partial charge on any atom is -0.334 e. The molecule has 1 aromatic heterocycles. The quantitative estimate of drug-likeness (QED) is 0.615. The van der Waals surface area contributed by atoms with Crippen LogP contribution in [0.25, 0.3) is 0 Å². The van der Waals surface area contributed by atoms with Crippen molar-refractivity contribution in [1.82, 2.24) is 9.78 Å². The van der Waals surface area contributed by atoms with Crippen molar-refractivity contribution in [3.05, 3.63) is 40.1 Å². The predicted octanol–water partition coefficient (Wildman–Crippen LogP) is 0.591. The third-order valence-electron chi connectivity index (χ3n) is 2.81. The first-order valence-corrected chi connectivity index (χ1v) is 7.29. The number of nitro groups is 1.